The molecule has 13 heteroatoms. The van der Waals surface area contributed by atoms with E-state index in [9.17, 15) is 31.9 Å². The molecule has 0 saturated carbocycles. The van der Waals surface area contributed by atoms with Crippen molar-refractivity contribution >= 4 is 22.9 Å². The van der Waals surface area contributed by atoms with Crippen LogP contribution in [0.25, 0.3) is 16.6 Å². The van der Waals surface area contributed by atoms with Crippen LogP contribution in [0.3, 0.4) is 0 Å². The van der Waals surface area contributed by atoms with Gasteiger partial charge >= 0.3 is 12.3 Å². The summed E-state index contributed by atoms with van der Waals surface area (Å²) in [4.78, 5) is 48.8. The number of benzene rings is 3. The average molecular weight is 655 g/mol. The molecular weight excluding hydrogens is 620 g/mol. The first-order valence-electron chi connectivity index (χ1n) is 15.0. The smallest absolute Gasteiger partial charge is 0.419 e. The Kier molecular flexibility index (Phi) is 9.28. The summed E-state index contributed by atoms with van der Waals surface area (Å²) < 4.78 is 66.9. The molecule has 9 nitrogen and oxygen atoms in total. The van der Waals surface area contributed by atoms with E-state index in [1.54, 1.807) is 69.3 Å². The number of alkyl halides is 3. The minimum atomic E-state index is -4.95. The second-order valence-electron chi connectivity index (χ2n) is 12.1. The highest BCUT2D eigenvalue weighted by atomic mass is 19.4. The van der Waals surface area contributed by atoms with Crippen molar-refractivity contribution in [3.05, 3.63) is 99.9 Å². The van der Waals surface area contributed by atoms with Gasteiger partial charge in [0.15, 0.2) is 0 Å². The Morgan fingerprint density at radius 2 is 1.68 bits per heavy atom. The van der Waals surface area contributed by atoms with E-state index in [-0.39, 0.29) is 31.0 Å². The van der Waals surface area contributed by atoms with Gasteiger partial charge in [0.2, 0.25) is 5.91 Å². The van der Waals surface area contributed by atoms with E-state index in [1.807, 2.05) is 6.92 Å². The summed E-state index contributed by atoms with van der Waals surface area (Å²) in [5.41, 5.74) is -2.00. The van der Waals surface area contributed by atoms with Crippen molar-refractivity contribution < 1.29 is 36.6 Å². The summed E-state index contributed by atoms with van der Waals surface area (Å²) in [7, 11) is 0. The molecule has 1 saturated heterocycles. The number of piperazine rings is 1. The van der Waals surface area contributed by atoms with E-state index in [0.717, 1.165) is 6.07 Å². The molecule has 1 aliphatic heterocycles. The summed E-state index contributed by atoms with van der Waals surface area (Å²) in [5.74, 6) is -1.34. The fourth-order valence-electron chi connectivity index (χ4n) is 5.45. The van der Waals surface area contributed by atoms with Crippen LogP contribution in [0, 0.1) is 5.82 Å². The van der Waals surface area contributed by atoms with Crippen molar-refractivity contribution in [3.8, 4) is 11.4 Å². The van der Waals surface area contributed by atoms with E-state index in [1.165, 1.54) is 14.4 Å². The van der Waals surface area contributed by atoms with Crippen LogP contribution in [0.4, 0.5) is 22.4 Å². The number of para-hydroxylation sites is 1. The summed E-state index contributed by atoms with van der Waals surface area (Å²) in [6, 6.07) is 14.8. The van der Waals surface area contributed by atoms with Gasteiger partial charge in [0.05, 0.1) is 41.7 Å². The lowest BCUT2D eigenvalue weighted by Gasteiger charge is -2.42. The van der Waals surface area contributed by atoms with Crippen molar-refractivity contribution in [2.24, 2.45) is 0 Å². The van der Waals surface area contributed by atoms with Crippen molar-refractivity contribution in [3.63, 3.8) is 0 Å². The van der Waals surface area contributed by atoms with E-state index in [0.29, 0.717) is 41.1 Å². The summed E-state index contributed by atoms with van der Waals surface area (Å²) >= 11 is 0. The molecule has 0 bridgehead atoms. The number of aromatic nitrogens is 2. The Morgan fingerprint density at radius 1 is 0.979 bits per heavy atom. The fourth-order valence-corrected chi connectivity index (χ4v) is 5.45. The van der Waals surface area contributed by atoms with Crippen LogP contribution in [0.2, 0.25) is 0 Å². The maximum absolute atomic E-state index is 14.1. The first-order chi connectivity index (χ1) is 22.2. The first kappa shape index (κ1) is 33.4. The number of hydrogen-bond donors (Lipinski definition) is 0. The monoisotopic (exact) mass is 654 g/mol. The molecule has 1 atom stereocenters. The van der Waals surface area contributed by atoms with Crippen LogP contribution in [0.1, 0.15) is 50.7 Å². The summed E-state index contributed by atoms with van der Waals surface area (Å²) in [6.45, 7) is 7.31. The molecule has 5 rings (SSSR count). The third kappa shape index (κ3) is 7.39. The van der Waals surface area contributed by atoms with E-state index < -0.39 is 53.2 Å². The lowest BCUT2D eigenvalue weighted by Crippen LogP contribution is -2.54. The van der Waals surface area contributed by atoms with Crippen LogP contribution in [-0.4, -0.2) is 63.2 Å². The van der Waals surface area contributed by atoms with Crippen LogP contribution >= 0.6 is 0 Å². The normalized spacial score (nSPS) is 15.5. The Hall–Kier alpha value is -4.94. The highest BCUT2D eigenvalue weighted by Gasteiger charge is 2.39. The largest absolute Gasteiger partial charge is 0.494 e. The highest BCUT2D eigenvalue weighted by Crippen LogP contribution is 2.33. The fraction of sp³-hybridized carbons (Fsp3) is 0.353. The molecule has 0 unspecified atom stereocenters. The lowest BCUT2D eigenvalue weighted by atomic mass is 10.0. The maximum Gasteiger partial charge on any atom is 0.419 e. The van der Waals surface area contributed by atoms with Gasteiger partial charge in [-0.2, -0.15) is 13.2 Å². The average Bonchev–Trinajstić information content (AvgIpc) is 3.01. The van der Waals surface area contributed by atoms with Crippen LogP contribution in [0.5, 0.6) is 5.75 Å². The van der Waals surface area contributed by atoms with Gasteiger partial charge in [-0.15, -0.1) is 0 Å². The topological polar surface area (TPSA) is 94.0 Å². The molecule has 3 aromatic carbocycles. The van der Waals surface area contributed by atoms with E-state index in [4.69, 9.17) is 14.5 Å². The van der Waals surface area contributed by atoms with Gasteiger partial charge in [0.25, 0.3) is 5.56 Å². The van der Waals surface area contributed by atoms with Crippen molar-refractivity contribution in [1.82, 2.24) is 19.4 Å². The molecule has 0 N–H and O–H groups in total. The first-order valence-corrected chi connectivity index (χ1v) is 15.0. The molecule has 0 radical (unpaired) electrons. The Balaban J connectivity index is 1.63. The second kappa shape index (κ2) is 13.0. The van der Waals surface area contributed by atoms with Gasteiger partial charge < -0.3 is 19.3 Å². The summed E-state index contributed by atoms with van der Waals surface area (Å²) in [5, 5.41) is 0.314. The third-order valence-electron chi connectivity index (χ3n) is 7.55. The number of rotatable bonds is 6. The quantitative estimate of drug-likeness (QED) is 0.227. The zero-order chi connectivity index (χ0) is 34.1. The predicted molar refractivity (Wildman–Crippen MR) is 166 cm³/mol. The van der Waals surface area contributed by atoms with Crippen molar-refractivity contribution in [1.29, 1.82) is 0 Å². The molecule has 1 aromatic heterocycles. The lowest BCUT2D eigenvalue weighted by molar-refractivity contribution is -0.140. The van der Waals surface area contributed by atoms with Crippen LogP contribution < -0.4 is 10.3 Å². The molecule has 1 fully saturated rings. The van der Waals surface area contributed by atoms with E-state index in [2.05, 4.69) is 0 Å². The minimum Gasteiger partial charge on any atom is -0.494 e. The van der Waals surface area contributed by atoms with Gasteiger partial charge in [0, 0.05) is 13.1 Å². The number of carbonyl (C=O) groups is 2. The summed E-state index contributed by atoms with van der Waals surface area (Å²) in [6.07, 6.45) is -6.08. The zero-order valence-corrected chi connectivity index (χ0v) is 26.3. The second-order valence-corrected chi connectivity index (χ2v) is 12.1. The van der Waals surface area contributed by atoms with Gasteiger partial charge in [-0.05, 0) is 81.8 Å². The molecule has 2 amide bonds. The number of carbonyl (C=O) groups excluding carboxylic acids is 2. The number of nitrogens with zero attached hydrogens (tertiary/aromatic N) is 4. The zero-order valence-electron chi connectivity index (χ0n) is 26.3. The SMILES string of the molecule is CCOc1ccc(-n2c([C@H]3CN(C(=O)OC(C)(C)C)CCN3C(=O)Cc3ccc(F)c(C(F)(F)F)c3)nc3ccccc3c2=O)cc1. The molecule has 47 heavy (non-hydrogen) atoms. The molecular formula is C34H34F4N4O5. The number of hydrogen-bond acceptors (Lipinski definition) is 6. The standard InChI is InChI=1S/C34H34F4N4O5/c1-5-46-23-13-11-22(12-14-23)42-30(39-27-9-7-6-8-24(27)31(42)44)28-20-40(32(45)47-33(2,3)4)16-17-41(28)29(43)19-21-10-15-26(35)25(18-21)34(36,37)38/h6-15,18,28H,5,16-17,19-20H2,1-4H3/t28-/m1/s1. The third-order valence-corrected chi connectivity index (χ3v) is 7.55. The van der Waals surface area contributed by atoms with Crippen LogP contribution in [-0.2, 0) is 22.1 Å². The Morgan fingerprint density at radius 3 is 2.34 bits per heavy atom. The number of amides is 2. The van der Waals surface area contributed by atoms with Crippen molar-refractivity contribution in [2.45, 2.75) is 51.9 Å². The maximum atomic E-state index is 14.1. The van der Waals surface area contributed by atoms with Crippen molar-refractivity contribution in [2.75, 3.05) is 26.2 Å². The molecule has 0 aliphatic carbocycles. The minimum absolute atomic E-state index is 0.0396. The molecule has 2 heterocycles. The van der Waals surface area contributed by atoms with Gasteiger partial charge in [0.1, 0.15) is 29.0 Å². The number of halogens is 4. The van der Waals surface area contributed by atoms with E-state index >= 15 is 0 Å². The molecule has 4 aromatic rings. The molecule has 1 aliphatic rings. The van der Waals surface area contributed by atoms with Gasteiger partial charge in [-0.3, -0.25) is 14.2 Å². The van der Waals surface area contributed by atoms with Gasteiger partial charge in [-0.1, -0.05) is 18.2 Å². The van der Waals surface area contributed by atoms with Gasteiger partial charge in [-0.25, -0.2) is 14.2 Å². The molecule has 248 valence electrons. The Bertz CT molecular complexity index is 1850. The number of fused-ring (bicyclic) bond motifs is 1. The molecule has 0 spiro atoms. The predicted octanol–water partition coefficient (Wildman–Crippen LogP) is 6.31. The Labute approximate surface area is 268 Å². The highest BCUT2D eigenvalue weighted by molar-refractivity contribution is 5.81. The number of ether oxygens (including phenoxy) is 2. The van der Waals surface area contributed by atoms with Crippen LogP contribution in [0.15, 0.2) is 71.5 Å².